The van der Waals surface area contributed by atoms with Crippen molar-refractivity contribution in [3.05, 3.63) is 46.5 Å². The molecule has 24 heavy (non-hydrogen) atoms. The maximum atomic E-state index is 12.3. The summed E-state index contributed by atoms with van der Waals surface area (Å²) in [6.07, 6.45) is 2.66. The largest absolute Gasteiger partial charge is 0.481 e. The molecule has 7 heteroatoms. The van der Waals surface area contributed by atoms with E-state index in [0.29, 0.717) is 11.8 Å². The van der Waals surface area contributed by atoms with Crippen LogP contribution in [0.5, 0.6) is 5.88 Å². The van der Waals surface area contributed by atoms with Gasteiger partial charge in [-0.25, -0.2) is 4.98 Å². The molecule has 0 spiro atoms. The number of ether oxygens (including phenoxy) is 1. The number of hydrogen-bond acceptors (Lipinski definition) is 6. The van der Waals surface area contributed by atoms with Gasteiger partial charge < -0.3 is 19.3 Å². The standard InChI is InChI=1S/C17H20N4O3/c1-24-15-5-6-18-17(19-15)20-8-11-7-12(9-20)14(10-22)21-13(11)3-2-4-16(21)23/h2-6,11-12,14,22H,7-10H2,1H3/t11-,12+,14+/m1/s1. The highest BCUT2D eigenvalue weighted by Crippen LogP contribution is 2.41. The van der Waals surface area contributed by atoms with Crippen molar-refractivity contribution in [3.63, 3.8) is 0 Å². The lowest BCUT2D eigenvalue weighted by atomic mass is 9.79. The minimum Gasteiger partial charge on any atom is -0.481 e. The van der Waals surface area contributed by atoms with Crippen LogP contribution in [0.15, 0.2) is 35.3 Å². The molecule has 1 fully saturated rings. The lowest BCUT2D eigenvalue weighted by Gasteiger charge is -2.46. The van der Waals surface area contributed by atoms with Crippen molar-refractivity contribution >= 4 is 5.95 Å². The van der Waals surface area contributed by atoms with E-state index in [1.54, 1.807) is 36.1 Å². The third-order valence-corrected chi connectivity index (χ3v) is 5.09. The van der Waals surface area contributed by atoms with E-state index in [4.69, 9.17) is 4.74 Å². The highest BCUT2D eigenvalue weighted by atomic mass is 16.5. The molecule has 0 unspecified atom stereocenters. The van der Waals surface area contributed by atoms with Gasteiger partial charge in [0.1, 0.15) is 0 Å². The number of methoxy groups -OCH3 is 1. The summed E-state index contributed by atoms with van der Waals surface area (Å²) in [5.74, 6) is 1.59. The number of aliphatic hydroxyl groups excluding tert-OH is 1. The predicted octanol–water partition coefficient (Wildman–Crippen LogP) is 0.804. The van der Waals surface area contributed by atoms with E-state index in [9.17, 15) is 9.90 Å². The fourth-order valence-electron chi connectivity index (χ4n) is 4.04. The second kappa shape index (κ2) is 5.90. The Balaban J connectivity index is 1.73. The van der Waals surface area contributed by atoms with Crippen molar-refractivity contribution in [2.75, 3.05) is 31.7 Å². The number of anilines is 1. The van der Waals surface area contributed by atoms with Gasteiger partial charge in [-0.05, 0) is 12.5 Å². The Labute approximate surface area is 139 Å². The topological polar surface area (TPSA) is 80.5 Å². The first-order valence-electron chi connectivity index (χ1n) is 8.15. The Morgan fingerprint density at radius 3 is 3.00 bits per heavy atom. The zero-order valence-electron chi connectivity index (χ0n) is 13.5. The van der Waals surface area contributed by atoms with Crippen LogP contribution in [-0.4, -0.2) is 46.4 Å². The van der Waals surface area contributed by atoms with Gasteiger partial charge in [-0.2, -0.15) is 4.98 Å². The fraction of sp³-hybridized carbons (Fsp3) is 0.471. The number of aliphatic hydroxyl groups is 1. The molecule has 1 saturated heterocycles. The summed E-state index contributed by atoms with van der Waals surface area (Å²) in [5.41, 5.74) is 0.956. The summed E-state index contributed by atoms with van der Waals surface area (Å²) in [4.78, 5) is 23.2. The third-order valence-electron chi connectivity index (χ3n) is 5.09. The lowest BCUT2D eigenvalue weighted by Crippen LogP contribution is -2.50. The Kier molecular flexibility index (Phi) is 3.72. The summed E-state index contributed by atoms with van der Waals surface area (Å²) >= 11 is 0. The number of hydrogen-bond donors (Lipinski definition) is 1. The van der Waals surface area contributed by atoms with E-state index in [1.165, 1.54) is 0 Å². The quantitative estimate of drug-likeness (QED) is 0.898. The van der Waals surface area contributed by atoms with E-state index < -0.39 is 0 Å². The molecule has 2 aromatic rings. The zero-order chi connectivity index (χ0) is 16.7. The molecule has 4 rings (SSSR count). The van der Waals surface area contributed by atoms with E-state index in [2.05, 4.69) is 14.9 Å². The van der Waals surface area contributed by atoms with Gasteiger partial charge >= 0.3 is 0 Å². The van der Waals surface area contributed by atoms with Crippen LogP contribution >= 0.6 is 0 Å². The molecule has 0 radical (unpaired) electrons. The van der Waals surface area contributed by atoms with Gasteiger partial charge in [0.2, 0.25) is 11.8 Å². The summed E-state index contributed by atoms with van der Waals surface area (Å²) in [6.45, 7) is 1.43. The first-order valence-corrected chi connectivity index (χ1v) is 8.15. The minimum absolute atomic E-state index is 0.0349. The van der Waals surface area contributed by atoms with Crippen molar-refractivity contribution in [2.45, 2.75) is 18.4 Å². The van der Waals surface area contributed by atoms with Crippen molar-refractivity contribution < 1.29 is 9.84 Å². The molecule has 0 aromatic carbocycles. The highest BCUT2D eigenvalue weighted by molar-refractivity contribution is 5.36. The van der Waals surface area contributed by atoms with Gasteiger partial charge in [0, 0.05) is 48.9 Å². The fourth-order valence-corrected chi connectivity index (χ4v) is 4.04. The van der Waals surface area contributed by atoms with Crippen LogP contribution in [-0.2, 0) is 0 Å². The number of pyridine rings is 1. The summed E-state index contributed by atoms with van der Waals surface area (Å²) in [7, 11) is 1.58. The van der Waals surface area contributed by atoms with E-state index >= 15 is 0 Å². The number of piperidine rings is 1. The maximum Gasteiger partial charge on any atom is 0.251 e. The molecule has 0 saturated carbocycles. The molecule has 4 heterocycles. The highest BCUT2D eigenvalue weighted by Gasteiger charge is 2.40. The normalized spacial score (nSPS) is 25.2. The molecular formula is C17H20N4O3. The molecular weight excluding hydrogens is 308 g/mol. The maximum absolute atomic E-state index is 12.3. The third kappa shape index (κ3) is 2.36. The Morgan fingerprint density at radius 2 is 2.21 bits per heavy atom. The van der Waals surface area contributed by atoms with E-state index in [-0.39, 0.29) is 30.0 Å². The van der Waals surface area contributed by atoms with Crippen molar-refractivity contribution in [1.29, 1.82) is 0 Å². The molecule has 2 aromatic heterocycles. The molecule has 0 aliphatic carbocycles. The Bertz CT molecular complexity index is 806. The number of aromatic nitrogens is 3. The second-order valence-corrected chi connectivity index (χ2v) is 6.41. The van der Waals surface area contributed by atoms with Gasteiger partial charge in [-0.15, -0.1) is 0 Å². The summed E-state index contributed by atoms with van der Waals surface area (Å²) in [5, 5.41) is 9.88. The van der Waals surface area contributed by atoms with Gasteiger partial charge in [-0.3, -0.25) is 4.79 Å². The minimum atomic E-state index is -0.196. The Morgan fingerprint density at radius 1 is 1.33 bits per heavy atom. The van der Waals surface area contributed by atoms with E-state index in [0.717, 1.165) is 25.2 Å². The number of nitrogens with zero attached hydrogens (tertiary/aromatic N) is 4. The molecule has 7 nitrogen and oxygen atoms in total. The average Bonchev–Trinajstić information content (AvgIpc) is 2.63. The lowest BCUT2D eigenvalue weighted by molar-refractivity contribution is 0.131. The zero-order valence-corrected chi connectivity index (χ0v) is 13.5. The van der Waals surface area contributed by atoms with Gasteiger partial charge in [0.25, 0.3) is 5.56 Å². The van der Waals surface area contributed by atoms with Crippen LogP contribution in [0, 0.1) is 5.92 Å². The summed E-state index contributed by atoms with van der Waals surface area (Å²) < 4.78 is 6.97. The van der Waals surface area contributed by atoms with Crippen molar-refractivity contribution in [1.82, 2.24) is 14.5 Å². The van der Waals surface area contributed by atoms with Gasteiger partial charge in [-0.1, -0.05) is 6.07 Å². The van der Waals surface area contributed by atoms with Gasteiger partial charge in [0.15, 0.2) is 0 Å². The smallest absolute Gasteiger partial charge is 0.251 e. The monoisotopic (exact) mass is 328 g/mol. The number of rotatable bonds is 3. The molecule has 2 aliphatic heterocycles. The SMILES string of the molecule is COc1ccnc(N2C[C@H]3C[C@@H](C2)[C@H](CO)n2c3cccc2=O)n1. The van der Waals surface area contributed by atoms with Gasteiger partial charge in [0.05, 0.1) is 19.8 Å². The molecule has 2 aliphatic rings. The number of fused-ring (bicyclic) bond motifs is 4. The van der Waals surface area contributed by atoms with Crippen LogP contribution in [0.1, 0.15) is 24.1 Å². The van der Waals surface area contributed by atoms with Crippen molar-refractivity contribution in [3.8, 4) is 5.88 Å². The van der Waals surface area contributed by atoms with Crippen molar-refractivity contribution in [2.24, 2.45) is 5.92 Å². The molecule has 1 N–H and O–H groups in total. The van der Waals surface area contributed by atoms with E-state index in [1.807, 2.05) is 6.07 Å². The average molecular weight is 328 g/mol. The van der Waals surface area contributed by atoms with Crippen LogP contribution in [0.25, 0.3) is 0 Å². The van der Waals surface area contributed by atoms with Crippen LogP contribution in [0.3, 0.4) is 0 Å². The summed E-state index contributed by atoms with van der Waals surface area (Å²) in [6, 6.07) is 6.87. The molecule has 126 valence electrons. The Hall–Kier alpha value is -2.41. The van der Waals surface area contributed by atoms with Crippen LogP contribution in [0.2, 0.25) is 0 Å². The van der Waals surface area contributed by atoms with Crippen LogP contribution < -0.4 is 15.2 Å². The molecule has 2 bridgehead atoms. The molecule has 3 atom stereocenters. The first kappa shape index (κ1) is 15.1. The first-order chi connectivity index (χ1) is 11.7. The second-order valence-electron chi connectivity index (χ2n) is 6.41. The predicted molar refractivity (Wildman–Crippen MR) is 88.5 cm³/mol. The molecule has 0 amide bonds. The van der Waals surface area contributed by atoms with Crippen LogP contribution in [0.4, 0.5) is 5.95 Å².